The molecule has 0 fully saturated rings. The highest BCUT2D eigenvalue weighted by Crippen LogP contribution is 2.56. The van der Waals surface area contributed by atoms with Crippen LogP contribution in [-0.4, -0.2) is 6.85 Å². The largest absolute Gasteiger partial charge is 0.464 e. The van der Waals surface area contributed by atoms with Gasteiger partial charge in [0.2, 0.25) is 0 Å². The summed E-state index contributed by atoms with van der Waals surface area (Å²) >= 11 is 0. The molecule has 1 aliphatic carbocycles. The summed E-state index contributed by atoms with van der Waals surface area (Å²) in [6.07, 6.45) is 1.82. The summed E-state index contributed by atoms with van der Waals surface area (Å²) in [5.41, 5.74) is 21.1. The van der Waals surface area contributed by atoms with Crippen LogP contribution in [0.4, 0.5) is 28.4 Å². The second kappa shape index (κ2) is 11.8. The fourth-order valence-electron chi connectivity index (χ4n) is 10.6. The third-order valence-corrected chi connectivity index (χ3v) is 13.8. The molecule has 0 radical (unpaired) electrons. The second-order valence-electron chi connectivity index (χ2n) is 19.8. The fourth-order valence-corrected chi connectivity index (χ4v) is 10.6. The van der Waals surface area contributed by atoms with Gasteiger partial charge in [0.15, 0.2) is 5.58 Å². The first-order valence-electron chi connectivity index (χ1n) is 21.4. The van der Waals surface area contributed by atoms with Crippen molar-refractivity contribution in [2.45, 2.75) is 71.6 Å². The highest BCUT2D eigenvalue weighted by molar-refractivity contribution is 6.94. The molecule has 292 valence electrons. The molecular weight excluding hydrogens is 731 g/mol. The predicted molar refractivity (Wildman–Crippen MR) is 252 cm³/mol. The molecule has 7 aromatic carbocycles. The van der Waals surface area contributed by atoms with Crippen molar-refractivity contribution in [1.29, 1.82) is 0 Å². The molecule has 0 N–H and O–H groups in total. The van der Waals surface area contributed by atoms with Crippen LogP contribution in [0.1, 0.15) is 77.6 Å². The molecule has 3 aliphatic rings. The average molecular weight is 779 g/mol. The molecule has 2 aliphatic heterocycles. The van der Waals surface area contributed by atoms with Gasteiger partial charge in [-0.05, 0) is 127 Å². The Morgan fingerprint density at radius 2 is 1.23 bits per heavy atom. The summed E-state index contributed by atoms with van der Waals surface area (Å²) < 4.78 is 13.3. The van der Waals surface area contributed by atoms with Crippen LogP contribution in [0.3, 0.4) is 0 Å². The van der Waals surface area contributed by atoms with Gasteiger partial charge in [0, 0.05) is 49.9 Å². The van der Waals surface area contributed by atoms with Crippen molar-refractivity contribution < 1.29 is 8.83 Å². The molecule has 0 atom stereocenters. The van der Waals surface area contributed by atoms with E-state index in [-0.39, 0.29) is 23.1 Å². The minimum absolute atomic E-state index is 0.0183. The highest BCUT2D eigenvalue weighted by atomic mass is 16.3. The molecule has 0 bridgehead atoms. The Morgan fingerprint density at radius 1 is 0.550 bits per heavy atom. The van der Waals surface area contributed by atoms with E-state index in [0.29, 0.717) is 0 Å². The molecule has 0 saturated heterocycles. The first-order valence-corrected chi connectivity index (χ1v) is 21.4. The third kappa shape index (κ3) is 4.81. The lowest BCUT2D eigenvalue weighted by Gasteiger charge is -2.46. The van der Waals surface area contributed by atoms with Crippen LogP contribution >= 0.6 is 0 Å². The molecule has 0 amide bonds. The van der Waals surface area contributed by atoms with E-state index >= 15 is 0 Å². The zero-order chi connectivity index (χ0) is 41.0. The van der Waals surface area contributed by atoms with Crippen LogP contribution in [-0.2, 0) is 16.2 Å². The molecule has 0 spiro atoms. The standard InChI is InChI=1S/C55H47BN2O2/c1-53(2,3)33-17-21-35(22-18-33)57-47-27-32-25-26-59-49(32)31-45(47)56-50-41(29-42-38-14-10-12-16-48(38)60-52(42)51(50)57)40-28-39-37-13-9-11-15-43(37)55(7,8)44(39)30-46(40)58(56)36-23-19-34(20-24-36)54(4,5)6/h9-31H,1-8H3. The topological polar surface area (TPSA) is 32.8 Å². The zero-order valence-electron chi connectivity index (χ0n) is 35.6. The molecular formula is C55H47BN2O2. The summed E-state index contributed by atoms with van der Waals surface area (Å²) in [5, 5.41) is 3.31. The van der Waals surface area contributed by atoms with Gasteiger partial charge in [-0.25, -0.2) is 0 Å². The maximum Gasteiger partial charge on any atom is 0.333 e. The van der Waals surface area contributed by atoms with Gasteiger partial charge in [0.1, 0.15) is 11.2 Å². The van der Waals surface area contributed by atoms with Crippen LogP contribution in [0.15, 0.2) is 149 Å². The van der Waals surface area contributed by atoms with Crippen molar-refractivity contribution >= 4 is 79.1 Å². The van der Waals surface area contributed by atoms with Crippen LogP contribution in [0.5, 0.6) is 0 Å². The van der Waals surface area contributed by atoms with Crippen molar-refractivity contribution in [2.24, 2.45) is 0 Å². The van der Waals surface area contributed by atoms with E-state index in [9.17, 15) is 0 Å². The van der Waals surface area contributed by atoms with Crippen molar-refractivity contribution in [2.75, 3.05) is 9.71 Å². The Labute approximate surface area is 352 Å². The van der Waals surface area contributed by atoms with Gasteiger partial charge in [-0.2, -0.15) is 0 Å². The van der Waals surface area contributed by atoms with Crippen LogP contribution in [0, 0.1) is 0 Å². The number of furan rings is 2. The molecule has 4 nitrogen and oxygen atoms in total. The van der Waals surface area contributed by atoms with Gasteiger partial charge in [-0.15, -0.1) is 0 Å². The molecule has 0 unspecified atom stereocenters. The lowest BCUT2D eigenvalue weighted by atomic mass is 9.43. The number of para-hydroxylation sites is 1. The summed E-state index contributed by atoms with van der Waals surface area (Å²) in [6, 6.07) is 50.2. The summed E-state index contributed by atoms with van der Waals surface area (Å²) in [5.74, 6) is 0. The number of fused-ring (bicyclic) bond motifs is 12. The molecule has 2 aromatic heterocycles. The molecule has 9 aromatic rings. The van der Waals surface area contributed by atoms with E-state index in [1.165, 1.54) is 61.1 Å². The predicted octanol–water partition coefficient (Wildman–Crippen LogP) is 13.9. The van der Waals surface area contributed by atoms with E-state index in [4.69, 9.17) is 8.83 Å². The van der Waals surface area contributed by atoms with Gasteiger partial charge in [-0.1, -0.05) is 122 Å². The lowest BCUT2D eigenvalue weighted by Crippen LogP contribution is -2.61. The number of benzene rings is 7. The van der Waals surface area contributed by atoms with Gasteiger partial charge in [-0.3, -0.25) is 0 Å². The quantitative estimate of drug-likeness (QED) is 0.164. The van der Waals surface area contributed by atoms with Crippen molar-refractivity contribution in [1.82, 2.24) is 0 Å². The maximum absolute atomic E-state index is 7.09. The minimum Gasteiger partial charge on any atom is -0.464 e. The van der Waals surface area contributed by atoms with Gasteiger partial charge in [0.05, 0.1) is 12.0 Å². The van der Waals surface area contributed by atoms with Gasteiger partial charge >= 0.3 is 6.85 Å². The monoisotopic (exact) mass is 778 g/mol. The van der Waals surface area contributed by atoms with E-state index in [2.05, 4.69) is 199 Å². The number of hydrogen-bond acceptors (Lipinski definition) is 4. The van der Waals surface area contributed by atoms with E-state index in [1.807, 2.05) is 6.26 Å². The Balaban J connectivity index is 1.25. The van der Waals surface area contributed by atoms with Gasteiger partial charge < -0.3 is 18.5 Å². The second-order valence-corrected chi connectivity index (χ2v) is 19.8. The Hall–Kier alpha value is -6.46. The summed E-state index contributed by atoms with van der Waals surface area (Å²) in [4.78, 5) is 5.10. The number of nitrogens with zero attached hydrogens (tertiary/aromatic N) is 2. The minimum atomic E-state index is -0.194. The van der Waals surface area contributed by atoms with E-state index in [1.54, 1.807) is 0 Å². The summed E-state index contributed by atoms with van der Waals surface area (Å²) in [7, 11) is 0. The molecule has 12 rings (SSSR count). The maximum atomic E-state index is 7.09. The van der Waals surface area contributed by atoms with Crippen LogP contribution in [0.25, 0.3) is 55.2 Å². The van der Waals surface area contributed by atoms with Crippen molar-refractivity contribution in [3.63, 3.8) is 0 Å². The van der Waals surface area contributed by atoms with E-state index < -0.39 is 0 Å². The Bertz CT molecular complexity index is 3260. The molecule has 0 saturated carbocycles. The molecule has 4 heterocycles. The highest BCUT2D eigenvalue weighted by Gasteiger charge is 2.48. The Morgan fingerprint density at radius 3 is 1.97 bits per heavy atom. The normalized spacial score (nSPS) is 15.0. The lowest BCUT2D eigenvalue weighted by molar-refractivity contribution is 0.590. The van der Waals surface area contributed by atoms with Crippen molar-refractivity contribution in [3.8, 4) is 22.3 Å². The number of hydrogen-bond donors (Lipinski definition) is 0. The van der Waals surface area contributed by atoms with E-state index in [0.717, 1.165) is 55.7 Å². The SMILES string of the molecule is CC(C)(C)c1ccc(N2B3c4cc5occc5cc4N(c4ccc(C(C)(C)C)cc4)c4c3c(cc3c4oc4ccccc43)-c3cc4c(cc32)C(C)(C)c2ccccc2-4)cc1. The Kier molecular flexibility index (Phi) is 7.01. The first-order chi connectivity index (χ1) is 28.8. The average Bonchev–Trinajstić information content (AvgIpc) is 3.91. The molecule has 60 heavy (non-hydrogen) atoms. The fraction of sp³-hybridized carbons (Fsp3) is 0.200. The molecule has 5 heteroatoms. The number of anilines is 5. The smallest absolute Gasteiger partial charge is 0.333 e. The van der Waals surface area contributed by atoms with Crippen LogP contribution in [0.2, 0.25) is 0 Å². The van der Waals surface area contributed by atoms with Crippen molar-refractivity contribution in [3.05, 3.63) is 162 Å². The first kappa shape index (κ1) is 35.5. The zero-order valence-corrected chi connectivity index (χ0v) is 35.6. The third-order valence-electron chi connectivity index (χ3n) is 13.8. The van der Waals surface area contributed by atoms with Gasteiger partial charge in [0.25, 0.3) is 0 Å². The number of rotatable bonds is 2. The van der Waals surface area contributed by atoms with Crippen LogP contribution < -0.4 is 20.6 Å². The summed E-state index contributed by atoms with van der Waals surface area (Å²) in [6.45, 7) is 18.3.